The molecule has 5 heteroatoms. The van der Waals surface area contributed by atoms with E-state index < -0.39 is 8.32 Å². The number of hydrogen-bond donors (Lipinski definition) is 1. The molecule has 0 saturated heterocycles. The molecule has 2 aromatic rings. The van der Waals surface area contributed by atoms with Crippen molar-refractivity contribution in [1.82, 2.24) is 4.98 Å². The van der Waals surface area contributed by atoms with Gasteiger partial charge in [-0.2, -0.15) is 0 Å². The number of benzene rings is 1. The van der Waals surface area contributed by atoms with Crippen molar-refractivity contribution in [3.8, 4) is 0 Å². The lowest BCUT2D eigenvalue weighted by Crippen LogP contribution is -2.41. The van der Waals surface area contributed by atoms with E-state index in [0.717, 1.165) is 36.5 Å². The number of rotatable bonds is 5. The maximum atomic E-state index is 6.33. The Hall–Kier alpha value is -1.10. The van der Waals surface area contributed by atoms with Gasteiger partial charge in [0.25, 0.3) is 0 Å². The van der Waals surface area contributed by atoms with Crippen LogP contribution in [0.5, 0.6) is 0 Å². The summed E-state index contributed by atoms with van der Waals surface area (Å²) in [5, 5.41) is 5.83. The molecule has 0 saturated carbocycles. The van der Waals surface area contributed by atoms with E-state index >= 15 is 0 Å². The van der Waals surface area contributed by atoms with Crippen LogP contribution in [0.15, 0.2) is 18.2 Å². The third kappa shape index (κ3) is 4.08. The highest BCUT2D eigenvalue weighted by molar-refractivity contribution is 6.74. The normalized spacial score (nSPS) is 15.2. The fourth-order valence-electron chi connectivity index (χ4n) is 3.30. The van der Waals surface area contributed by atoms with Gasteiger partial charge in [0.15, 0.2) is 8.32 Å². The van der Waals surface area contributed by atoms with Crippen molar-refractivity contribution in [1.29, 1.82) is 0 Å². The molecule has 142 valence electrons. The lowest BCUT2D eigenvalue weighted by atomic mass is 9.92. The van der Waals surface area contributed by atoms with E-state index in [1.165, 1.54) is 35.2 Å². The molecule has 0 amide bonds. The van der Waals surface area contributed by atoms with Gasteiger partial charge in [0, 0.05) is 28.3 Å². The molecule has 0 unspecified atom stereocenters. The quantitative estimate of drug-likeness (QED) is 0.487. The van der Waals surface area contributed by atoms with E-state index in [9.17, 15) is 0 Å². The summed E-state index contributed by atoms with van der Waals surface area (Å²) in [5.74, 6) is 0. The average Bonchev–Trinajstić information content (AvgIpc) is 2.56. The summed E-state index contributed by atoms with van der Waals surface area (Å²) < 4.78 is 6.33. The predicted octanol–water partition coefficient (Wildman–Crippen LogP) is 6.20. The molecular formula is C21H31ClN2OSi. The van der Waals surface area contributed by atoms with Crippen LogP contribution in [0.3, 0.4) is 0 Å². The lowest BCUT2D eigenvalue weighted by Gasteiger charge is -2.36. The zero-order valence-electron chi connectivity index (χ0n) is 16.7. The Bertz CT molecular complexity index is 799. The van der Waals surface area contributed by atoms with Crippen LogP contribution in [-0.2, 0) is 17.3 Å². The second-order valence-corrected chi connectivity index (χ2v) is 14.1. The Morgan fingerprint density at radius 2 is 1.92 bits per heavy atom. The van der Waals surface area contributed by atoms with Gasteiger partial charge in [-0.05, 0) is 67.6 Å². The third-order valence-corrected chi connectivity index (χ3v) is 10.7. The van der Waals surface area contributed by atoms with Gasteiger partial charge in [-0.25, -0.2) is 0 Å². The Kier molecular flexibility index (Phi) is 5.66. The van der Waals surface area contributed by atoms with E-state index in [0.29, 0.717) is 0 Å². The van der Waals surface area contributed by atoms with E-state index in [-0.39, 0.29) is 5.04 Å². The van der Waals surface area contributed by atoms with Crippen LogP contribution in [-0.4, -0.2) is 26.5 Å². The molecule has 1 aromatic heterocycles. The number of nitrogens with one attached hydrogen (secondary N) is 1. The zero-order valence-corrected chi connectivity index (χ0v) is 18.5. The Labute approximate surface area is 163 Å². The van der Waals surface area contributed by atoms with E-state index in [2.05, 4.69) is 45.2 Å². The van der Waals surface area contributed by atoms with Crippen LogP contribution in [0.25, 0.3) is 10.9 Å². The van der Waals surface area contributed by atoms with Crippen LogP contribution >= 0.6 is 11.6 Å². The maximum Gasteiger partial charge on any atom is 0.192 e. The van der Waals surface area contributed by atoms with Crippen molar-refractivity contribution in [2.24, 2.45) is 0 Å². The summed E-state index contributed by atoms with van der Waals surface area (Å²) in [6, 6.07) is 6.03. The summed E-state index contributed by atoms with van der Waals surface area (Å²) in [5.41, 5.74) is 4.85. The van der Waals surface area contributed by atoms with Crippen LogP contribution in [0.4, 0.5) is 5.69 Å². The molecule has 1 aromatic carbocycles. The third-order valence-electron chi connectivity index (χ3n) is 5.90. The van der Waals surface area contributed by atoms with Crippen molar-refractivity contribution in [3.63, 3.8) is 0 Å². The number of hydrogen-bond acceptors (Lipinski definition) is 3. The number of fused-ring (bicyclic) bond motifs is 2. The van der Waals surface area contributed by atoms with Gasteiger partial charge in [-0.15, -0.1) is 0 Å². The van der Waals surface area contributed by atoms with Crippen LogP contribution in [0, 0.1) is 0 Å². The summed E-state index contributed by atoms with van der Waals surface area (Å²) in [4.78, 5) is 4.89. The molecule has 1 N–H and O–H groups in total. The second kappa shape index (κ2) is 7.49. The highest BCUT2D eigenvalue weighted by Gasteiger charge is 2.36. The van der Waals surface area contributed by atoms with Crippen molar-refractivity contribution >= 4 is 36.5 Å². The summed E-state index contributed by atoms with van der Waals surface area (Å²) in [6.45, 7) is 13.0. The van der Waals surface area contributed by atoms with Gasteiger partial charge in [-0.1, -0.05) is 32.4 Å². The van der Waals surface area contributed by atoms with Gasteiger partial charge < -0.3 is 9.74 Å². The molecule has 26 heavy (non-hydrogen) atoms. The topological polar surface area (TPSA) is 34.1 Å². The summed E-state index contributed by atoms with van der Waals surface area (Å²) in [6.07, 6.45) is 4.63. The smallest absolute Gasteiger partial charge is 0.192 e. The number of nitrogens with zero attached hydrogens (tertiary/aromatic N) is 1. The van der Waals surface area contributed by atoms with Crippen molar-refractivity contribution in [2.45, 2.75) is 64.6 Å². The maximum absolute atomic E-state index is 6.33. The van der Waals surface area contributed by atoms with Gasteiger partial charge in [0.05, 0.1) is 12.1 Å². The molecule has 1 heterocycles. The van der Waals surface area contributed by atoms with Crippen molar-refractivity contribution < 1.29 is 4.43 Å². The fourth-order valence-corrected chi connectivity index (χ4v) is 4.51. The zero-order chi connectivity index (χ0) is 18.9. The number of aromatic nitrogens is 1. The van der Waals surface area contributed by atoms with Crippen LogP contribution < -0.4 is 5.32 Å². The number of anilines is 1. The van der Waals surface area contributed by atoms with Crippen LogP contribution in [0.2, 0.25) is 23.2 Å². The van der Waals surface area contributed by atoms with Gasteiger partial charge in [0.2, 0.25) is 0 Å². The number of pyridine rings is 1. The average molecular weight is 391 g/mol. The van der Waals surface area contributed by atoms with E-state index in [1.807, 2.05) is 12.1 Å². The Morgan fingerprint density at radius 3 is 2.65 bits per heavy atom. The molecular weight excluding hydrogens is 360 g/mol. The first-order valence-corrected chi connectivity index (χ1v) is 13.0. The molecule has 0 spiro atoms. The first-order valence-electron chi connectivity index (χ1n) is 9.68. The minimum absolute atomic E-state index is 0.242. The standard InChI is InChI=1S/C21H31ClN2OSi/c1-21(2,3)26(4,5)25-13-12-23-20-16-8-6-7-9-18(16)24-19-14-15(22)10-11-17(19)20/h10-11,14H,6-9,12-13H2,1-5H3,(H,23,24). The predicted molar refractivity (Wildman–Crippen MR) is 115 cm³/mol. The molecule has 1 aliphatic rings. The summed E-state index contributed by atoms with van der Waals surface area (Å²) >= 11 is 6.20. The van der Waals surface area contributed by atoms with Gasteiger partial charge in [0.1, 0.15) is 0 Å². The molecule has 0 aliphatic heterocycles. The number of aryl methyl sites for hydroxylation is 1. The second-order valence-electron chi connectivity index (χ2n) is 8.82. The fraction of sp³-hybridized carbons (Fsp3) is 0.571. The molecule has 1 aliphatic carbocycles. The van der Waals surface area contributed by atoms with Crippen molar-refractivity contribution in [2.75, 3.05) is 18.5 Å². The van der Waals surface area contributed by atoms with Gasteiger partial charge in [-0.3, -0.25) is 4.98 Å². The molecule has 0 bridgehead atoms. The highest BCUT2D eigenvalue weighted by Crippen LogP contribution is 2.37. The lowest BCUT2D eigenvalue weighted by molar-refractivity contribution is 0.301. The monoisotopic (exact) mass is 390 g/mol. The van der Waals surface area contributed by atoms with E-state index in [1.54, 1.807) is 0 Å². The molecule has 0 atom stereocenters. The highest BCUT2D eigenvalue weighted by atomic mass is 35.5. The Balaban J connectivity index is 1.81. The molecule has 0 radical (unpaired) electrons. The van der Waals surface area contributed by atoms with Crippen molar-refractivity contribution in [3.05, 3.63) is 34.5 Å². The first kappa shape index (κ1) is 19.7. The molecule has 0 fully saturated rings. The Morgan fingerprint density at radius 1 is 1.19 bits per heavy atom. The van der Waals surface area contributed by atoms with E-state index in [4.69, 9.17) is 21.0 Å². The van der Waals surface area contributed by atoms with Crippen LogP contribution in [0.1, 0.15) is 44.9 Å². The molecule has 3 rings (SSSR count). The summed E-state index contributed by atoms with van der Waals surface area (Å²) in [7, 11) is -1.70. The largest absolute Gasteiger partial charge is 0.415 e. The minimum atomic E-state index is -1.70. The SMILES string of the molecule is CC(C)(C)[Si](C)(C)OCCNc1c2c(nc3cc(Cl)ccc13)CCCC2. The number of halogens is 1. The molecule has 3 nitrogen and oxygen atoms in total. The first-order chi connectivity index (χ1) is 12.2. The van der Waals surface area contributed by atoms with Gasteiger partial charge >= 0.3 is 0 Å². The minimum Gasteiger partial charge on any atom is -0.415 e.